The van der Waals surface area contributed by atoms with Gasteiger partial charge in [0.1, 0.15) is 12.4 Å². The zero-order valence-corrected chi connectivity index (χ0v) is 16.1. The number of hydrogen-bond donors (Lipinski definition) is 1. The number of carbonyl (C=O) groups excluding carboxylic acids is 2. The van der Waals surface area contributed by atoms with Crippen LogP contribution in [0.15, 0.2) is 36.8 Å². The average Bonchev–Trinajstić information content (AvgIpc) is 2.74. The van der Waals surface area contributed by atoms with Gasteiger partial charge in [-0.2, -0.15) is 0 Å². The van der Waals surface area contributed by atoms with Crippen LogP contribution < -0.4 is 5.32 Å². The Kier molecular flexibility index (Phi) is 5.34. The Hall–Kier alpha value is -2.80. The molecule has 2 fully saturated rings. The molecule has 146 valence electrons. The number of aromatic nitrogens is 2. The second-order valence-corrected chi connectivity index (χ2v) is 7.32. The summed E-state index contributed by atoms with van der Waals surface area (Å²) in [5, 5.41) is 2.90. The number of benzene rings is 1. The monoisotopic (exact) mass is 379 g/mol. The quantitative estimate of drug-likeness (QED) is 0.868. The first-order chi connectivity index (χ1) is 13.7. The van der Waals surface area contributed by atoms with Crippen molar-refractivity contribution >= 4 is 11.8 Å². The third-order valence-electron chi connectivity index (χ3n) is 5.47. The molecule has 2 aliphatic rings. The Labute approximate surface area is 164 Å². The van der Waals surface area contributed by atoms with Gasteiger partial charge in [-0.3, -0.25) is 14.5 Å². The smallest absolute Gasteiger partial charge is 0.253 e. The Morgan fingerprint density at radius 1 is 1.29 bits per heavy atom. The van der Waals surface area contributed by atoms with Crippen LogP contribution in [-0.4, -0.2) is 70.3 Å². The van der Waals surface area contributed by atoms with Gasteiger partial charge in [-0.1, -0.05) is 25.5 Å². The molecule has 28 heavy (non-hydrogen) atoms. The molecular weight excluding hydrogens is 354 g/mol. The van der Waals surface area contributed by atoms with E-state index in [0.29, 0.717) is 25.2 Å². The van der Waals surface area contributed by atoms with Gasteiger partial charge < -0.3 is 10.2 Å². The maximum Gasteiger partial charge on any atom is 0.253 e. The van der Waals surface area contributed by atoms with Crippen LogP contribution in [0, 0.1) is 0 Å². The lowest BCUT2D eigenvalue weighted by molar-refractivity contribution is -0.131. The summed E-state index contributed by atoms with van der Waals surface area (Å²) < 4.78 is 0. The van der Waals surface area contributed by atoms with Gasteiger partial charge in [0.2, 0.25) is 5.91 Å². The highest BCUT2D eigenvalue weighted by Crippen LogP contribution is 2.24. The van der Waals surface area contributed by atoms with E-state index < -0.39 is 0 Å². The number of aryl methyl sites for hydroxylation is 1. The number of amides is 2. The zero-order chi connectivity index (χ0) is 19.5. The van der Waals surface area contributed by atoms with E-state index in [9.17, 15) is 9.59 Å². The van der Waals surface area contributed by atoms with Gasteiger partial charge in [0.15, 0.2) is 0 Å². The molecule has 1 aromatic carbocycles. The molecule has 0 aliphatic carbocycles. The fourth-order valence-corrected chi connectivity index (χ4v) is 4.01. The summed E-state index contributed by atoms with van der Waals surface area (Å²) in [6.07, 6.45) is 5.30. The molecule has 0 radical (unpaired) electrons. The van der Waals surface area contributed by atoms with E-state index in [2.05, 4.69) is 27.1 Å². The van der Waals surface area contributed by atoms with Gasteiger partial charge in [0, 0.05) is 50.0 Å². The molecule has 0 unspecified atom stereocenters. The number of fused-ring (bicyclic) bond motifs is 1. The fraction of sp³-hybridized carbons (Fsp3) is 0.429. The van der Waals surface area contributed by atoms with Crippen LogP contribution in [0.5, 0.6) is 0 Å². The topological polar surface area (TPSA) is 78.4 Å². The average molecular weight is 379 g/mol. The van der Waals surface area contributed by atoms with E-state index in [-0.39, 0.29) is 17.9 Å². The molecule has 1 N–H and O–H groups in total. The largest absolute Gasteiger partial charge is 0.353 e. The highest BCUT2D eigenvalue weighted by molar-refractivity contribution is 5.96. The molecule has 1 aromatic heterocycles. The minimum Gasteiger partial charge on any atom is -0.353 e. The van der Waals surface area contributed by atoms with Crippen molar-refractivity contribution in [2.24, 2.45) is 0 Å². The molecule has 0 saturated carbocycles. The first kappa shape index (κ1) is 18.6. The molecule has 0 bridgehead atoms. The van der Waals surface area contributed by atoms with Crippen molar-refractivity contribution < 1.29 is 9.59 Å². The third-order valence-corrected chi connectivity index (χ3v) is 5.47. The number of hydrogen-bond acceptors (Lipinski definition) is 5. The molecule has 0 spiro atoms. The summed E-state index contributed by atoms with van der Waals surface area (Å²) in [5.41, 5.74) is 3.51. The maximum atomic E-state index is 13.1. The van der Waals surface area contributed by atoms with Crippen LogP contribution in [0.1, 0.15) is 29.3 Å². The van der Waals surface area contributed by atoms with E-state index in [0.717, 1.165) is 42.8 Å². The van der Waals surface area contributed by atoms with Gasteiger partial charge in [-0.15, -0.1) is 0 Å². The molecule has 7 nitrogen and oxygen atoms in total. The van der Waals surface area contributed by atoms with Crippen molar-refractivity contribution in [3.63, 3.8) is 0 Å². The summed E-state index contributed by atoms with van der Waals surface area (Å²) in [6.45, 7) is 5.46. The standard InChI is InChI=1S/C21H25N5O2/c1-2-4-17-12-22-14-24-19(17)15-5-3-6-16(11-15)21(28)26-10-9-25-8-7-23-20(27)18(25)13-26/h3,5-6,11-12,14,18H,2,4,7-10,13H2,1H3,(H,23,27)/t18-/m1/s1. The first-order valence-electron chi connectivity index (χ1n) is 9.87. The number of piperazine rings is 2. The van der Waals surface area contributed by atoms with Crippen LogP contribution >= 0.6 is 0 Å². The van der Waals surface area contributed by atoms with Crippen molar-refractivity contribution in [2.45, 2.75) is 25.8 Å². The number of carbonyl (C=O) groups is 2. The summed E-state index contributed by atoms with van der Waals surface area (Å²) in [7, 11) is 0. The highest BCUT2D eigenvalue weighted by Gasteiger charge is 2.36. The summed E-state index contributed by atoms with van der Waals surface area (Å²) in [4.78, 5) is 37.8. The molecule has 2 saturated heterocycles. The van der Waals surface area contributed by atoms with Gasteiger partial charge in [0.25, 0.3) is 5.91 Å². The number of nitrogens with zero attached hydrogens (tertiary/aromatic N) is 4. The van der Waals surface area contributed by atoms with Crippen LogP contribution in [0.25, 0.3) is 11.3 Å². The van der Waals surface area contributed by atoms with Gasteiger partial charge >= 0.3 is 0 Å². The second-order valence-electron chi connectivity index (χ2n) is 7.32. The lowest BCUT2D eigenvalue weighted by Crippen LogP contribution is -2.64. The van der Waals surface area contributed by atoms with E-state index in [1.807, 2.05) is 30.5 Å². The van der Waals surface area contributed by atoms with Crippen LogP contribution in [0.4, 0.5) is 0 Å². The highest BCUT2D eigenvalue weighted by atomic mass is 16.2. The Bertz CT molecular complexity index is 885. The van der Waals surface area contributed by atoms with Crippen molar-refractivity contribution in [2.75, 3.05) is 32.7 Å². The predicted octanol–water partition coefficient (Wildman–Crippen LogP) is 1.35. The first-order valence-corrected chi connectivity index (χ1v) is 9.87. The molecule has 2 aliphatic heterocycles. The van der Waals surface area contributed by atoms with Crippen molar-refractivity contribution in [3.05, 3.63) is 47.9 Å². The lowest BCUT2D eigenvalue weighted by atomic mass is 10.0. The van der Waals surface area contributed by atoms with Gasteiger partial charge in [0.05, 0.1) is 5.69 Å². The van der Waals surface area contributed by atoms with Gasteiger partial charge in [-0.05, 0) is 24.1 Å². The maximum absolute atomic E-state index is 13.1. The van der Waals surface area contributed by atoms with E-state index in [4.69, 9.17) is 0 Å². The second kappa shape index (κ2) is 8.06. The Morgan fingerprint density at radius 2 is 2.18 bits per heavy atom. The lowest BCUT2D eigenvalue weighted by Gasteiger charge is -2.43. The van der Waals surface area contributed by atoms with Crippen LogP contribution in [0.3, 0.4) is 0 Å². The molecule has 1 atom stereocenters. The van der Waals surface area contributed by atoms with Crippen molar-refractivity contribution in [1.29, 1.82) is 0 Å². The SMILES string of the molecule is CCCc1cncnc1-c1cccc(C(=O)N2CCN3CCNC(=O)[C@H]3C2)c1. The van der Waals surface area contributed by atoms with Crippen molar-refractivity contribution in [3.8, 4) is 11.3 Å². The Morgan fingerprint density at radius 3 is 3.04 bits per heavy atom. The summed E-state index contributed by atoms with van der Waals surface area (Å²) in [6, 6.07) is 7.36. The molecule has 4 rings (SSSR count). The van der Waals surface area contributed by atoms with Crippen LogP contribution in [0.2, 0.25) is 0 Å². The normalized spacial score (nSPS) is 19.8. The molecule has 2 amide bonds. The number of rotatable bonds is 4. The van der Waals surface area contributed by atoms with E-state index in [1.54, 1.807) is 11.2 Å². The zero-order valence-electron chi connectivity index (χ0n) is 16.1. The Balaban J connectivity index is 1.56. The van der Waals surface area contributed by atoms with Gasteiger partial charge in [-0.25, -0.2) is 9.97 Å². The fourth-order valence-electron chi connectivity index (χ4n) is 4.01. The van der Waals surface area contributed by atoms with Crippen molar-refractivity contribution in [1.82, 2.24) is 25.1 Å². The molecule has 2 aromatic rings. The van der Waals surface area contributed by atoms with E-state index >= 15 is 0 Å². The predicted molar refractivity (Wildman–Crippen MR) is 106 cm³/mol. The molecular formula is C21H25N5O2. The third kappa shape index (κ3) is 3.62. The molecule has 3 heterocycles. The van der Waals surface area contributed by atoms with E-state index in [1.165, 1.54) is 0 Å². The summed E-state index contributed by atoms with van der Waals surface area (Å²) >= 11 is 0. The molecule has 7 heteroatoms. The van der Waals surface area contributed by atoms with Crippen LogP contribution in [-0.2, 0) is 11.2 Å². The summed E-state index contributed by atoms with van der Waals surface area (Å²) in [5.74, 6) is -0.0198. The number of nitrogens with one attached hydrogen (secondary N) is 1. The minimum atomic E-state index is -0.243. The minimum absolute atomic E-state index is 0.0164.